The van der Waals surface area contributed by atoms with Gasteiger partial charge in [-0.3, -0.25) is 4.79 Å². The molecule has 0 heterocycles. The second kappa shape index (κ2) is 6.65. The molecule has 0 aliphatic carbocycles. The van der Waals surface area contributed by atoms with Gasteiger partial charge >= 0.3 is 58.4 Å². The third-order valence-electron chi connectivity index (χ3n) is 1.56. The molecule has 0 unspecified atom stereocenters. The first-order valence-electron chi connectivity index (χ1n) is 4.12. The number of benzene rings is 1. The molecule has 2 N–H and O–H groups in total. The SMILES string of the molecule is NC(=O)c1cccc(OC[B-](F)(F)F)c1.[K+]. The molecule has 0 aliphatic heterocycles. The van der Waals surface area contributed by atoms with Gasteiger partial charge in [-0.25, -0.2) is 0 Å². The Morgan fingerprint density at radius 3 is 2.50 bits per heavy atom. The Bertz CT molecular complexity index is 373. The molecule has 0 spiro atoms. The molecule has 0 aromatic heterocycles. The van der Waals surface area contributed by atoms with Crippen LogP contribution in [0.25, 0.3) is 0 Å². The Kier molecular flexibility index (Phi) is 6.64. The Balaban J connectivity index is 0.00000225. The van der Waals surface area contributed by atoms with Crippen LogP contribution in [-0.4, -0.2) is 19.4 Å². The van der Waals surface area contributed by atoms with Gasteiger partial charge in [-0.1, -0.05) is 6.07 Å². The minimum Gasteiger partial charge on any atom is -0.522 e. The van der Waals surface area contributed by atoms with Gasteiger partial charge in [0, 0.05) is 5.56 Å². The Labute approximate surface area is 133 Å². The first-order valence-corrected chi connectivity index (χ1v) is 4.12. The minimum atomic E-state index is -5.00. The number of hydrogen-bond donors (Lipinski definition) is 1. The molecular weight excluding hydrogens is 249 g/mol. The molecule has 0 saturated heterocycles. The van der Waals surface area contributed by atoms with Gasteiger partial charge in [0.2, 0.25) is 5.91 Å². The summed E-state index contributed by atoms with van der Waals surface area (Å²) in [6, 6.07) is 5.30. The van der Waals surface area contributed by atoms with Crippen LogP contribution in [0.2, 0.25) is 0 Å². The summed E-state index contributed by atoms with van der Waals surface area (Å²) >= 11 is 0. The average Bonchev–Trinajstić information content (AvgIpc) is 2.14. The number of hydrogen-bond acceptors (Lipinski definition) is 2. The van der Waals surface area contributed by atoms with Crippen molar-refractivity contribution in [3.05, 3.63) is 29.8 Å². The number of ether oxygens (including phenoxy) is 1. The topological polar surface area (TPSA) is 52.3 Å². The number of carbonyl (C=O) groups is 1. The summed E-state index contributed by atoms with van der Waals surface area (Å²) in [6.07, 6.45) is 0. The first kappa shape index (κ1) is 16.0. The van der Waals surface area contributed by atoms with E-state index in [0.29, 0.717) is 0 Å². The summed E-state index contributed by atoms with van der Waals surface area (Å²) in [5.74, 6) is -0.733. The summed E-state index contributed by atoms with van der Waals surface area (Å²) in [7, 11) is 0. The number of rotatable bonds is 4. The standard InChI is InChI=1S/C8H8BF3NO2.K/c10-9(11,12)5-15-7-3-1-2-6(4-7)8(13)14;/h1-4H,5H2,(H2,13,14);/q-1;+1. The summed E-state index contributed by atoms with van der Waals surface area (Å²) in [5, 5.41) is 0. The predicted octanol–water partition coefficient (Wildman–Crippen LogP) is -1.45. The summed E-state index contributed by atoms with van der Waals surface area (Å²) in [4.78, 5) is 10.7. The van der Waals surface area contributed by atoms with E-state index in [1.807, 2.05) is 0 Å². The van der Waals surface area contributed by atoms with Crippen LogP contribution >= 0.6 is 0 Å². The molecule has 82 valence electrons. The molecule has 0 atom stereocenters. The van der Waals surface area contributed by atoms with E-state index < -0.39 is 19.4 Å². The van der Waals surface area contributed by atoms with Crippen LogP contribution in [0.1, 0.15) is 10.4 Å². The van der Waals surface area contributed by atoms with Crippen molar-refractivity contribution in [2.75, 3.05) is 6.51 Å². The average molecular weight is 257 g/mol. The third-order valence-corrected chi connectivity index (χ3v) is 1.56. The number of nitrogens with two attached hydrogens (primary N) is 1. The van der Waals surface area contributed by atoms with Crippen LogP contribution in [0.5, 0.6) is 5.75 Å². The third kappa shape index (κ3) is 5.90. The van der Waals surface area contributed by atoms with E-state index in [4.69, 9.17) is 5.73 Å². The molecular formula is C8H8BF3KNO2. The van der Waals surface area contributed by atoms with Gasteiger partial charge in [0.1, 0.15) is 5.75 Å². The van der Waals surface area contributed by atoms with Crippen LogP contribution in [0, 0.1) is 0 Å². The van der Waals surface area contributed by atoms with E-state index in [1.165, 1.54) is 24.3 Å². The van der Waals surface area contributed by atoms with Gasteiger partial charge in [0.15, 0.2) is 0 Å². The fourth-order valence-electron chi connectivity index (χ4n) is 0.930. The Morgan fingerprint density at radius 1 is 1.38 bits per heavy atom. The van der Waals surface area contributed by atoms with Crippen molar-refractivity contribution in [2.24, 2.45) is 5.73 Å². The molecule has 1 aromatic carbocycles. The zero-order chi connectivity index (χ0) is 11.5. The van der Waals surface area contributed by atoms with Crippen molar-refractivity contribution in [2.45, 2.75) is 0 Å². The largest absolute Gasteiger partial charge is 1.00 e. The maximum Gasteiger partial charge on any atom is 1.00 e. The molecule has 16 heavy (non-hydrogen) atoms. The molecule has 0 bridgehead atoms. The van der Waals surface area contributed by atoms with Gasteiger partial charge in [-0.2, -0.15) is 0 Å². The zero-order valence-corrected chi connectivity index (χ0v) is 11.7. The fourth-order valence-corrected chi connectivity index (χ4v) is 0.930. The van der Waals surface area contributed by atoms with E-state index >= 15 is 0 Å². The van der Waals surface area contributed by atoms with E-state index in [0.717, 1.165) is 0 Å². The summed E-state index contributed by atoms with van der Waals surface area (Å²) in [5.41, 5.74) is 5.06. The number of amides is 1. The molecule has 0 aliphatic rings. The predicted molar refractivity (Wildman–Crippen MR) is 49.5 cm³/mol. The van der Waals surface area contributed by atoms with Crippen molar-refractivity contribution in [1.82, 2.24) is 0 Å². The maximum atomic E-state index is 11.8. The Hall–Kier alpha value is -0.0187. The smallest absolute Gasteiger partial charge is 0.522 e. The van der Waals surface area contributed by atoms with E-state index in [2.05, 4.69) is 4.74 Å². The summed E-state index contributed by atoms with van der Waals surface area (Å²) < 4.78 is 40.0. The number of carbonyl (C=O) groups excluding carboxylic acids is 1. The monoisotopic (exact) mass is 257 g/mol. The van der Waals surface area contributed by atoms with E-state index in [9.17, 15) is 17.7 Å². The summed E-state index contributed by atoms with van der Waals surface area (Å²) in [6.45, 7) is -6.33. The van der Waals surface area contributed by atoms with Crippen LogP contribution in [0.3, 0.4) is 0 Å². The van der Waals surface area contributed by atoms with Crippen LogP contribution < -0.4 is 61.9 Å². The van der Waals surface area contributed by atoms with Crippen LogP contribution in [0.4, 0.5) is 12.9 Å². The molecule has 8 heteroatoms. The molecule has 1 amide bonds. The van der Waals surface area contributed by atoms with Crippen LogP contribution in [-0.2, 0) is 0 Å². The van der Waals surface area contributed by atoms with Crippen molar-refractivity contribution in [1.29, 1.82) is 0 Å². The van der Waals surface area contributed by atoms with Crippen molar-refractivity contribution >= 4 is 12.9 Å². The van der Waals surface area contributed by atoms with E-state index in [-0.39, 0.29) is 62.7 Å². The minimum absolute atomic E-state index is 0. The second-order valence-corrected chi connectivity index (χ2v) is 2.91. The molecule has 3 nitrogen and oxygen atoms in total. The molecule has 0 saturated carbocycles. The van der Waals surface area contributed by atoms with Crippen molar-refractivity contribution < 1.29 is 73.9 Å². The quantitative estimate of drug-likeness (QED) is 0.671. The first-order chi connectivity index (χ1) is 6.88. The van der Waals surface area contributed by atoms with Crippen LogP contribution in [0.15, 0.2) is 24.3 Å². The second-order valence-electron chi connectivity index (χ2n) is 2.91. The maximum absolute atomic E-state index is 11.8. The van der Waals surface area contributed by atoms with Crippen molar-refractivity contribution in [3.63, 3.8) is 0 Å². The van der Waals surface area contributed by atoms with E-state index in [1.54, 1.807) is 0 Å². The van der Waals surface area contributed by atoms with Gasteiger partial charge in [-0.05, 0) is 18.2 Å². The molecule has 1 rings (SSSR count). The molecule has 1 aromatic rings. The number of halogens is 3. The Morgan fingerprint density at radius 2 is 2.00 bits per heavy atom. The fraction of sp³-hybridized carbons (Fsp3) is 0.125. The zero-order valence-electron chi connectivity index (χ0n) is 8.62. The van der Waals surface area contributed by atoms with Gasteiger partial charge in [-0.15, -0.1) is 0 Å². The van der Waals surface area contributed by atoms with Crippen molar-refractivity contribution in [3.8, 4) is 5.75 Å². The molecule has 0 fully saturated rings. The normalized spacial score (nSPS) is 10.4. The van der Waals surface area contributed by atoms with Gasteiger partial charge in [0.05, 0.1) is 6.51 Å². The van der Waals surface area contributed by atoms with Gasteiger partial charge in [0.25, 0.3) is 0 Å². The molecule has 0 radical (unpaired) electrons. The van der Waals surface area contributed by atoms with Gasteiger partial charge < -0.3 is 23.4 Å². The number of primary amides is 1.